The average Bonchev–Trinajstić information content (AvgIpc) is 2.99. The molecule has 0 aromatic rings. The first-order chi connectivity index (χ1) is 13.1. The van der Waals surface area contributed by atoms with Gasteiger partial charge in [-0.2, -0.15) is 0 Å². The third kappa shape index (κ3) is 3.15. The van der Waals surface area contributed by atoms with Crippen molar-refractivity contribution in [1.29, 1.82) is 0 Å². The van der Waals surface area contributed by atoms with Gasteiger partial charge < -0.3 is 10.2 Å². The molecule has 2 N–H and O–H groups in total. The molecule has 0 saturated heterocycles. The molecule has 4 fully saturated rings. The van der Waals surface area contributed by atoms with E-state index in [4.69, 9.17) is 0 Å². The highest BCUT2D eigenvalue weighted by Crippen LogP contribution is 2.69. The van der Waals surface area contributed by atoms with Gasteiger partial charge in [0.25, 0.3) is 0 Å². The predicted octanol–water partition coefficient (Wildman–Crippen LogP) is 5.90. The second-order valence-electron chi connectivity index (χ2n) is 12.1. The highest BCUT2D eigenvalue weighted by Gasteiger charge is 2.61. The molecule has 0 aliphatic heterocycles. The SMILES string of the molecule is CC(C)(CCC(=O)O)C1CCC2C3CCC4CC(O)CCC4(C)C3CCC21C. The standard InChI is InChI=1S/C25H42O3/c1-23(2,12-11-22(27)28)21-8-7-19-18-6-5-16-15-17(26)9-13-24(16,3)20(18)10-14-25(19,21)4/h16-21,26H,5-15H2,1-4H3,(H,27,28). The summed E-state index contributed by atoms with van der Waals surface area (Å²) in [6, 6.07) is 0. The van der Waals surface area contributed by atoms with Gasteiger partial charge in [0, 0.05) is 6.42 Å². The van der Waals surface area contributed by atoms with Gasteiger partial charge in [-0.05, 0) is 110 Å². The second kappa shape index (κ2) is 7.00. The van der Waals surface area contributed by atoms with E-state index in [1.54, 1.807) is 0 Å². The van der Waals surface area contributed by atoms with Crippen molar-refractivity contribution >= 4 is 5.97 Å². The van der Waals surface area contributed by atoms with Crippen LogP contribution in [0.2, 0.25) is 0 Å². The molecule has 0 radical (unpaired) electrons. The van der Waals surface area contributed by atoms with E-state index in [-0.39, 0.29) is 11.5 Å². The van der Waals surface area contributed by atoms with Crippen LogP contribution in [0.1, 0.15) is 98.3 Å². The molecular weight excluding hydrogens is 348 g/mol. The first-order valence-corrected chi connectivity index (χ1v) is 12.0. The zero-order valence-electron chi connectivity index (χ0n) is 18.5. The molecular formula is C25H42O3. The maximum absolute atomic E-state index is 11.2. The van der Waals surface area contributed by atoms with E-state index in [0.717, 1.165) is 42.9 Å². The second-order valence-corrected chi connectivity index (χ2v) is 12.1. The van der Waals surface area contributed by atoms with Crippen LogP contribution >= 0.6 is 0 Å². The molecule has 0 bridgehead atoms. The molecule has 3 nitrogen and oxygen atoms in total. The molecule has 8 atom stereocenters. The lowest BCUT2D eigenvalue weighted by molar-refractivity contribution is -0.140. The van der Waals surface area contributed by atoms with Gasteiger partial charge in [-0.1, -0.05) is 27.7 Å². The monoisotopic (exact) mass is 390 g/mol. The van der Waals surface area contributed by atoms with Crippen molar-refractivity contribution in [2.45, 2.75) is 104 Å². The van der Waals surface area contributed by atoms with Crippen molar-refractivity contribution < 1.29 is 15.0 Å². The lowest BCUT2D eigenvalue weighted by atomic mass is 9.44. The molecule has 4 aliphatic rings. The predicted molar refractivity (Wildman–Crippen MR) is 112 cm³/mol. The molecule has 4 rings (SSSR count). The Morgan fingerprint density at radius 3 is 2.36 bits per heavy atom. The van der Waals surface area contributed by atoms with Crippen molar-refractivity contribution in [2.24, 2.45) is 45.8 Å². The number of aliphatic carboxylic acids is 1. The fourth-order valence-electron chi connectivity index (χ4n) is 9.12. The highest BCUT2D eigenvalue weighted by molar-refractivity contribution is 5.66. The van der Waals surface area contributed by atoms with Gasteiger partial charge in [0.1, 0.15) is 0 Å². The van der Waals surface area contributed by atoms with Gasteiger partial charge in [0.15, 0.2) is 0 Å². The van der Waals surface area contributed by atoms with Crippen LogP contribution in [0.5, 0.6) is 0 Å². The Labute approximate surface area is 171 Å². The molecule has 4 saturated carbocycles. The summed E-state index contributed by atoms with van der Waals surface area (Å²) in [5.41, 5.74) is 0.950. The topological polar surface area (TPSA) is 57.5 Å². The van der Waals surface area contributed by atoms with Crippen LogP contribution < -0.4 is 0 Å². The number of carboxylic acid groups (broad SMARTS) is 1. The first kappa shape index (κ1) is 20.7. The summed E-state index contributed by atoms with van der Waals surface area (Å²) < 4.78 is 0. The van der Waals surface area contributed by atoms with Crippen molar-refractivity contribution in [1.82, 2.24) is 0 Å². The molecule has 0 spiro atoms. The van der Waals surface area contributed by atoms with Crippen LogP contribution in [0, 0.1) is 45.8 Å². The summed E-state index contributed by atoms with van der Waals surface area (Å²) in [6.07, 6.45) is 12.3. The summed E-state index contributed by atoms with van der Waals surface area (Å²) in [5.74, 6) is 3.26. The van der Waals surface area contributed by atoms with Crippen LogP contribution in [0.4, 0.5) is 0 Å². The highest BCUT2D eigenvalue weighted by atomic mass is 16.4. The van der Waals surface area contributed by atoms with Crippen molar-refractivity contribution in [3.8, 4) is 0 Å². The number of aliphatic hydroxyl groups is 1. The van der Waals surface area contributed by atoms with Gasteiger partial charge in [0.05, 0.1) is 6.10 Å². The number of fused-ring (bicyclic) bond motifs is 5. The van der Waals surface area contributed by atoms with E-state index in [9.17, 15) is 15.0 Å². The number of aliphatic hydroxyl groups excluding tert-OH is 1. The molecule has 8 unspecified atom stereocenters. The molecule has 0 amide bonds. The van der Waals surface area contributed by atoms with Gasteiger partial charge in [-0.15, -0.1) is 0 Å². The molecule has 0 heterocycles. The van der Waals surface area contributed by atoms with Gasteiger partial charge >= 0.3 is 5.97 Å². The van der Waals surface area contributed by atoms with Gasteiger partial charge in [-0.25, -0.2) is 0 Å². The smallest absolute Gasteiger partial charge is 0.303 e. The largest absolute Gasteiger partial charge is 0.481 e. The molecule has 0 aromatic heterocycles. The number of hydrogen-bond donors (Lipinski definition) is 2. The Hall–Kier alpha value is -0.570. The number of carboxylic acids is 1. The van der Waals surface area contributed by atoms with Gasteiger partial charge in [0.2, 0.25) is 0 Å². The van der Waals surface area contributed by atoms with Crippen LogP contribution in [-0.2, 0) is 4.79 Å². The Morgan fingerprint density at radius 1 is 0.964 bits per heavy atom. The van der Waals surface area contributed by atoms with Crippen molar-refractivity contribution in [2.75, 3.05) is 0 Å². The minimum absolute atomic E-state index is 0.0608. The maximum Gasteiger partial charge on any atom is 0.303 e. The zero-order valence-corrected chi connectivity index (χ0v) is 18.5. The summed E-state index contributed by atoms with van der Waals surface area (Å²) in [5, 5.41) is 19.4. The normalized spacial score (nSPS) is 48.5. The summed E-state index contributed by atoms with van der Waals surface area (Å²) >= 11 is 0. The Bertz CT molecular complexity index is 613. The van der Waals surface area contributed by atoms with E-state index in [2.05, 4.69) is 27.7 Å². The van der Waals surface area contributed by atoms with Crippen LogP contribution in [0.25, 0.3) is 0 Å². The molecule has 28 heavy (non-hydrogen) atoms. The Kier molecular flexibility index (Phi) is 5.17. The van der Waals surface area contributed by atoms with Gasteiger partial charge in [-0.3, -0.25) is 4.79 Å². The fourth-order valence-corrected chi connectivity index (χ4v) is 9.12. The number of carbonyl (C=O) groups is 1. The number of rotatable bonds is 4. The average molecular weight is 391 g/mol. The van der Waals surface area contributed by atoms with Crippen molar-refractivity contribution in [3.05, 3.63) is 0 Å². The quantitative estimate of drug-likeness (QED) is 0.628. The molecule has 3 heteroatoms. The first-order valence-electron chi connectivity index (χ1n) is 12.0. The van der Waals surface area contributed by atoms with E-state index < -0.39 is 5.97 Å². The van der Waals surface area contributed by atoms with Crippen LogP contribution in [0.15, 0.2) is 0 Å². The van der Waals surface area contributed by atoms with Crippen molar-refractivity contribution in [3.63, 3.8) is 0 Å². The molecule has 0 aromatic carbocycles. The lowest BCUT2D eigenvalue weighted by Crippen LogP contribution is -2.54. The Morgan fingerprint density at radius 2 is 1.64 bits per heavy atom. The summed E-state index contributed by atoms with van der Waals surface area (Å²) in [6.45, 7) is 9.79. The minimum atomic E-state index is -0.651. The van der Waals surface area contributed by atoms with E-state index in [0.29, 0.717) is 23.2 Å². The molecule has 4 aliphatic carbocycles. The minimum Gasteiger partial charge on any atom is -0.481 e. The number of hydrogen-bond acceptors (Lipinski definition) is 2. The van der Waals surface area contributed by atoms with E-state index in [1.165, 1.54) is 44.9 Å². The Balaban J connectivity index is 1.54. The summed E-state index contributed by atoms with van der Waals surface area (Å²) in [7, 11) is 0. The molecule has 160 valence electrons. The van der Waals surface area contributed by atoms with Crippen LogP contribution in [0.3, 0.4) is 0 Å². The fraction of sp³-hybridized carbons (Fsp3) is 0.960. The van der Waals surface area contributed by atoms with E-state index >= 15 is 0 Å². The zero-order chi connectivity index (χ0) is 20.3. The maximum atomic E-state index is 11.2. The lowest BCUT2D eigenvalue weighted by Gasteiger charge is -2.61. The summed E-state index contributed by atoms with van der Waals surface area (Å²) in [4.78, 5) is 11.2. The van der Waals surface area contributed by atoms with Crippen LogP contribution in [-0.4, -0.2) is 22.3 Å². The third-order valence-corrected chi connectivity index (χ3v) is 10.6. The van der Waals surface area contributed by atoms with E-state index in [1.807, 2.05) is 0 Å². The third-order valence-electron chi connectivity index (χ3n) is 10.6.